The number of hydrogen-bond donors (Lipinski definition) is 1. The van der Waals surface area contributed by atoms with Crippen LogP contribution in [0.1, 0.15) is 46.5 Å². The monoisotopic (exact) mass is 254 g/mol. The second-order valence-electron chi connectivity index (χ2n) is 6.66. The number of ether oxygens (including phenoxy) is 1. The average molecular weight is 254 g/mol. The third kappa shape index (κ3) is 3.69. The maximum Gasteiger partial charge on any atom is 0.0594 e. The molecule has 1 saturated heterocycles. The number of rotatable bonds is 4. The molecular formula is C15H30N2O. The molecule has 0 aromatic rings. The first-order chi connectivity index (χ1) is 8.59. The van der Waals surface area contributed by atoms with Crippen LogP contribution in [0.2, 0.25) is 0 Å². The zero-order valence-electron chi connectivity index (χ0n) is 12.4. The lowest BCUT2D eigenvalue weighted by molar-refractivity contribution is -0.0112. The minimum atomic E-state index is 0.251. The minimum Gasteiger partial charge on any atom is -0.379 e. The molecule has 0 amide bonds. The van der Waals surface area contributed by atoms with Gasteiger partial charge in [-0.15, -0.1) is 0 Å². The van der Waals surface area contributed by atoms with Crippen LogP contribution in [0.25, 0.3) is 0 Å². The lowest BCUT2D eigenvalue weighted by Gasteiger charge is -2.42. The molecule has 2 unspecified atom stereocenters. The predicted octanol–water partition coefficient (Wildman–Crippen LogP) is 2.27. The molecule has 18 heavy (non-hydrogen) atoms. The highest BCUT2D eigenvalue weighted by molar-refractivity contribution is 4.88. The molecule has 2 atom stereocenters. The number of morpholine rings is 1. The van der Waals surface area contributed by atoms with Crippen LogP contribution in [0, 0.1) is 5.92 Å². The Hall–Kier alpha value is -0.120. The van der Waals surface area contributed by atoms with Crippen molar-refractivity contribution in [2.45, 2.75) is 58.0 Å². The topological polar surface area (TPSA) is 24.5 Å². The summed E-state index contributed by atoms with van der Waals surface area (Å²) in [5.41, 5.74) is 0.251. The summed E-state index contributed by atoms with van der Waals surface area (Å²) in [5, 5.41) is 3.83. The molecule has 1 aliphatic heterocycles. The summed E-state index contributed by atoms with van der Waals surface area (Å²) in [4.78, 5) is 2.57. The maximum absolute atomic E-state index is 5.44. The first-order valence-corrected chi connectivity index (χ1v) is 7.66. The van der Waals surface area contributed by atoms with E-state index in [-0.39, 0.29) is 5.54 Å². The van der Waals surface area contributed by atoms with Gasteiger partial charge in [0.1, 0.15) is 0 Å². The summed E-state index contributed by atoms with van der Waals surface area (Å²) < 4.78 is 5.44. The van der Waals surface area contributed by atoms with E-state index in [4.69, 9.17) is 4.74 Å². The van der Waals surface area contributed by atoms with Crippen molar-refractivity contribution in [3.8, 4) is 0 Å². The lowest BCUT2D eigenvalue weighted by Crippen LogP contribution is -2.56. The third-order valence-electron chi connectivity index (χ3n) is 4.78. The summed E-state index contributed by atoms with van der Waals surface area (Å²) in [5.74, 6) is 0.847. The molecule has 2 aliphatic rings. The largest absolute Gasteiger partial charge is 0.379 e. The Bertz CT molecular complexity index is 249. The van der Waals surface area contributed by atoms with Crippen molar-refractivity contribution in [2.24, 2.45) is 5.92 Å². The first-order valence-electron chi connectivity index (χ1n) is 7.66. The normalized spacial score (nSPS) is 31.5. The second-order valence-corrected chi connectivity index (χ2v) is 6.66. The van der Waals surface area contributed by atoms with Gasteiger partial charge in [-0.25, -0.2) is 0 Å². The molecule has 3 nitrogen and oxygen atoms in total. The summed E-state index contributed by atoms with van der Waals surface area (Å²) in [6.45, 7) is 12.2. The molecule has 1 N–H and O–H groups in total. The zero-order valence-corrected chi connectivity index (χ0v) is 12.4. The highest BCUT2D eigenvalue weighted by atomic mass is 16.5. The molecule has 0 radical (unpaired) electrons. The molecule has 0 spiro atoms. The average Bonchev–Trinajstić information content (AvgIpc) is 2.39. The van der Waals surface area contributed by atoms with Gasteiger partial charge in [0, 0.05) is 31.2 Å². The SMILES string of the molecule is CC1CCCCC1NCC(C)(C)N1CCOCC1. The van der Waals surface area contributed by atoms with Gasteiger partial charge in [-0.05, 0) is 32.6 Å². The number of nitrogens with zero attached hydrogens (tertiary/aromatic N) is 1. The fourth-order valence-electron chi connectivity index (χ4n) is 3.28. The van der Waals surface area contributed by atoms with Gasteiger partial charge >= 0.3 is 0 Å². The van der Waals surface area contributed by atoms with E-state index < -0.39 is 0 Å². The highest BCUT2D eigenvalue weighted by Gasteiger charge is 2.30. The van der Waals surface area contributed by atoms with Crippen LogP contribution in [0.3, 0.4) is 0 Å². The third-order valence-corrected chi connectivity index (χ3v) is 4.78. The maximum atomic E-state index is 5.44. The van der Waals surface area contributed by atoms with Crippen molar-refractivity contribution in [3.63, 3.8) is 0 Å². The number of hydrogen-bond acceptors (Lipinski definition) is 3. The van der Waals surface area contributed by atoms with Gasteiger partial charge in [-0.1, -0.05) is 19.8 Å². The minimum absolute atomic E-state index is 0.251. The van der Waals surface area contributed by atoms with Crippen molar-refractivity contribution in [1.82, 2.24) is 10.2 Å². The van der Waals surface area contributed by atoms with Crippen molar-refractivity contribution >= 4 is 0 Å². The Labute approximate surface area is 112 Å². The lowest BCUT2D eigenvalue weighted by atomic mass is 9.85. The van der Waals surface area contributed by atoms with E-state index >= 15 is 0 Å². The molecule has 2 rings (SSSR count). The van der Waals surface area contributed by atoms with Gasteiger partial charge in [0.05, 0.1) is 13.2 Å². The Kier molecular flexibility index (Phi) is 5.05. The molecule has 106 valence electrons. The van der Waals surface area contributed by atoms with E-state index in [0.29, 0.717) is 0 Å². The Balaban J connectivity index is 1.79. The van der Waals surface area contributed by atoms with Gasteiger partial charge in [0.2, 0.25) is 0 Å². The molecule has 1 saturated carbocycles. The quantitative estimate of drug-likeness (QED) is 0.833. The van der Waals surface area contributed by atoms with Crippen LogP contribution >= 0.6 is 0 Å². The van der Waals surface area contributed by atoms with Crippen molar-refractivity contribution in [1.29, 1.82) is 0 Å². The predicted molar refractivity (Wildman–Crippen MR) is 75.9 cm³/mol. The van der Waals surface area contributed by atoms with Gasteiger partial charge < -0.3 is 10.1 Å². The summed E-state index contributed by atoms with van der Waals surface area (Å²) in [7, 11) is 0. The molecule has 0 bridgehead atoms. The van der Waals surface area contributed by atoms with Crippen molar-refractivity contribution in [2.75, 3.05) is 32.8 Å². The zero-order chi connectivity index (χ0) is 13.0. The molecular weight excluding hydrogens is 224 g/mol. The molecule has 2 fully saturated rings. The Morgan fingerprint density at radius 2 is 1.83 bits per heavy atom. The Morgan fingerprint density at radius 3 is 2.50 bits per heavy atom. The van der Waals surface area contributed by atoms with E-state index in [1.807, 2.05) is 0 Å². The van der Waals surface area contributed by atoms with Crippen LogP contribution < -0.4 is 5.32 Å². The summed E-state index contributed by atoms with van der Waals surface area (Å²) in [6.07, 6.45) is 5.59. The highest BCUT2D eigenvalue weighted by Crippen LogP contribution is 2.24. The standard InChI is InChI=1S/C15H30N2O/c1-13-6-4-5-7-14(13)16-12-15(2,3)17-8-10-18-11-9-17/h13-14,16H,4-12H2,1-3H3. The number of nitrogens with one attached hydrogen (secondary N) is 1. The van der Waals surface area contributed by atoms with Gasteiger partial charge in [0.15, 0.2) is 0 Å². The fourth-order valence-corrected chi connectivity index (χ4v) is 3.28. The Morgan fingerprint density at radius 1 is 1.17 bits per heavy atom. The van der Waals surface area contributed by atoms with E-state index in [1.54, 1.807) is 0 Å². The molecule has 0 aromatic heterocycles. The second kappa shape index (κ2) is 6.36. The van der Waals surface area contributed by atoms with Gasteiger partial charge in [-0.3, -0.25) is 4.90 Å². The van der Waals surface area contributed by atoms with E-state index in [2.05, 4.69) is 31.0 Å². The summed E-state index contributed by atoms with van der Waals surface area (Å²) >= 11 is 0. The van der Waals surface area contributed by atoms with Gasteiger partial charge in [0.25, 0.3) is 0 Å². The van der Waals surface area contributed by atoms with Crippen molar-refractivity contribution < 1.29 is 4.74 Å². The molecule has 1 heterocycles. The van der Waals surface area contributed by atoms with Crippen LogP contribution in [0.4, 0.5) is 0 Å². The first kappa shape index (κ1) is 14.3. The molecule has 0 aromatic carbocycles. The van der Waals surface area contributed by atoms with Crippen LogP contribution in [0.5, 0.6) is 0 Å². The van der Waals surface area contributed by atoms with E-state index in [1.165, 1.54) is 25.7 Å². The smallest absolute Gasteiger partial charge is 0.0594 e. The van der Waals surface area contributed by atoms with E-state index in [0.717, 1.165) is 44.8 Å². The fraction of sp³-hybridized carbons (Fsp3) is 1.00. The van der Waals surface area contributed by atoms with E-state index in [9.17, 15) is 0 Å². The summed E-state index contributed by atoms with van der Waals surface area (Å²) in [6, 6.07) is 0.735. The van der Waals surface area contributed by atoms with Crippen LogP contribution in [-0.2, 0) is 4.74 Å². The van der Waals surface area contributed by atoms with Crippen molar-refractivity contribution in [3.05, 3.63) is 0 Å². The van der Waals surface area contributed by atoms with Crippen LogP contribution in [-0.4, -0.2) is 49.3 Å². The van der Waals surface area contributed by atoms with Crippen LogP contribution in [0.15, 0.2) is 0 Å². The van der Waals surface area contributed by atoms with Gasteiger partial charge in [-0.2, -0.15) is 0 Å². The molecule has 1 aliphatic carbocycles. The molecule has 3 heteroatoms.